The van der Waals surface area contributed by atoms with Gasteiger partial charge in [0.15, 0.2) is 0 Å². The average molecular weight is 260 g/mol. The molecule has 0 radical (unpaired) electrons. The van der Waals surface area contributed by atoms with Gasteiger partial charge in [0.2, 0.25) is 0 Å². The van der Waals surface area contributed by atoms with Gasteiger partial charge in [-0.3, -0.25) is 0 Å². The van der Waals surface area contributed by atoms with Gasteiger partial charge in [0.1, 0.15) is 0 Å². The van der Waals surface area contributed by atoms with Crippen LogP contribution in [0.1, 0.15) is 0 Å². The molecule has 2 heteroatoms. The monoisotopic (exact) mass is 260 g/mol. The van der Waals surface area contributed by atoms with Crippen molar-refractivity contribution in [3.63, 3.8) is 0 Å². The van der Waals surface area contributed by atoms with E-state index in [1.165, 1.54) is 0 Å². The summed E-state index contributed by atoms with van der Waals surface area (Å²) in [6.07, 6.45) is 0. The molecule has 0 atom stereocenters. The molecule has 3 rings (SSSR count). The highest BCUT2D eigenvalue weighted by Crippen LogP contribution is 2.30. The van der Waals surface area contributed by atoms with Gasteiger partial charge in [-0.05, 0) is 34.9 Å². The van der Waals surface area contributed by atoms with Gasteiger partial charge in [0.25, 0.3) is 0 Å². The highest BCUT2D eigenvalue weighted by atomic mass is 14.6. The summed E-state index contributed by atoms with van der Waals surface area (Å²) in [5.41, 5.74) is 17.9. The fourth-order valence-electron chi connectivity index (χ4n) is 2.30. The molecular weight excluding hydrogens is 244 g/mol. The summed E-state index contributed by atoms with van der Waals surface area (Å²) in [6, 6.07) is 24.1. The van der Waals surface area contributed by atoms with E-state index >= 15 is 0 Å². The number of hydrogen-bond donors (Lipinski definition) is 2. The Balaban J connectivity index is 2.01. The standard InChI is InChI=1S/C18H16N2/c19-16-9-6-13(7-10-16)15-8-11-17(18(20)12-15)14-4-2-1-3-5-14/h1-12H,19-20H2. The largest absolute Gasteiger partial charge is 0.399 e. The third kappa shape index (κ3) is 2.36. The van der Waals surface area contributed by atoms with Crippen molar-refractivity contribution in [2.75, 3.05) is 11.5 Å². The quantitative estimate of drug-likeness (QED) is 0.679. The third-order valence-electron chi connectivity index (χ3n) is 3.38. The molecular formula is C18H16N2. The third-order valence-corrected chi connectivity index (χ3v) is 3.38. The number of rotatable bonds is 2. The zero-order chi connectivity index (χ0) is 13.9. The molecule has 0 aliphatic carbocycles. The summed E-state index contributed by atoms with van der Waals surface area (Å²) in [7, 11) is 0. The van der Waals surface area contributed by atoms with Crippen LogP contribution in [0.5, 0.6) is 0 Å². The van der Waals surface area contributed by atoms with E-state index in [0.717, 1.165) is 33.6 Å². The molecule has 0 spiro atoms. The number of nitrogen functional groups attached to an aromatic ring is 2. The van der Waals surface area contributed by atoms with Gasteiger partial charge in [-0.25, -0.2) is 0 Å². The number of anilines is 2. The van der Waals surface area contributed by atoms with E-state index in [1.807, 2.05) is 48.5 Å². The van der Waals surface area contributed by atoms with E-state index in [-0.39, 0.29) is 0 Å². The van der Waals surface area contributed by atoms with Crippen LogP contribution in [0.3, 0.4) is 0 Å². The van der Waals surface area contributed by atoms with Crippen molar-refractivity contribution < 1.29 is 0 Å². The minimum Gasteiger partial charge on any atom is -0.399 e. The zero-order valence-corrected chi connectivity index (χ0v) is 11.1. The van der Waals surface area contributed by atoms with Crippen molar-refractivity contribution in [1.29, 1.82) is 0 Å². The van der Waals surface area contributed by atoms with Crippen LogP contribution >= 0.6 is 0 Å². The summed E-state index contributed by atoms with van der Waals surface area (Å²) in [5, 5.41) is 0. The Hall–Kier alpha value is -2.74. The predicted octanol–water partition coefficient (Wildman–Crippen LogP) is 4.19. The fourth-order valence-corrected chi connectivity index (χ4v) is 2.30. The Kier molecular flexibility index (Phi) is 3.13. The minimum atomic E-state index is 0.766. The Labute approximate surface area is 118 Å². The molecule has 4 N–H and O–H groups in total. The van der Waals surface area contributed by atoms with Gasteiger partial charge >= 0.3 is 0 Å². The van der Waals surface area contributed by atoms with E-state index in [0.29, 0.717) is 0 Å². The van der Waals surface area contributed by atoms with Gasteiger partial charge in [-0.2, -0.15) is 0 Å². The van der Waals surface area contributed by atoms with E-state index in [1.54, 1.807) is 0 Å². The normalized spacial score (nSPS) is 10.4. The van der Waals surface area contributed by atoms with Crippen molar-refractivity contribution in [1.82, 2.24) is 0 Å². The lowest BCUT2D eigenvalue weighted by atomic mass is 9.98. The molecule has 0 saturated heterocycles. The molecule has 20 heavy (non-hydrogen) atoms. The second kappa shape index (κ2) is 5.10. The van der Waals surface area contributed by atoms with Gasteiger partial charge < -0.3 is 11.5 Å². The van der Waals surface area contributed by atoms with Crippen LogP contribution in [0.4, 0.5) is 11.4 Å². The smallest absolute Gasteiger partial charge is 0.0399 e. The number of hydrogen-bond acceptors (Lipinski definition) is 2. The van der Waals surface area contributed by atoms with Crippen LogP contribution in [0.15, 0.2) is 72.8 Å². The van der Waals surface area contributed by atoms with Crippen molar-refractivity contribution in [3.05, 3.63) is 72.8 Å². The first-order chi connectivity index (χ1) is 9.74. The maximum atomic E-state index is 6.20. The second-order valence-corrected chi connectivity index (χ2v) is 4.79. The number of benzene rings is 3. The molecule has 3 aromatic rings. The molecule has 3 aromatic carbocycles. The van der Waals surface area contributed by atoms with Crippen LogP contribution in [-0.4, -0.2) is 0 Å². The van der Waals surface area contributed by atoms with Crippen molar-refractivity contribution >= 4 is 11.4 Å². The van der Waals surface area contributed by atoms with E-state index in [9.17, 15) is 0 Å². The van der Waals surface area contributed by atoms with Gasteiger partial charge in [0.05, 0.1) is 0 Å². The fraction of sp³-hybridized carbons (Fsp3) is 0. The van der Waals surface area contributed by atoms with E-state index < -0.39 is 0 Å². The second-order valence-electron chi connectivity index (χ2n) is 4.79. The topological polar surface area (TPSA) is 52.0 Å². The molecule has 2 nitrogen and oxygen atoms in total. The molecule has 0 aromatic heterocycles. The molecule has 0 heterocycles. The molecule has 0 aliphatic heterocycles. The maximum absolute atomic E-state index is 6.20. The first kappa shape index (κ1) is 12.3. The van der Waals surface area contributed by atoms with Crippen molar-refractivity contribution in [2.45, 2.75) is 0 Å². The van der Waals surface area contributed by atoms with E-state index in [4.69, 9.17) is 11.5 Å². The van der Waals surface area contributed by atoms with Crippen LogP contribution in [0.2, 0.25) is 0 Å². The Morgan fingerprint density at radius 1 is 0.550 bits per heavy atom. The van der Waals surface area contributed by atoms with Crippen LogP contribution in [0.25, 0.3) is 22.3 Å². The lowest BCUT2D eigenvalue weighted by Crippen LogP contribution is -1.91. The summed E-state index contributed by atoms with van der Waals surface area (Å²) >= 11 is 0. The number of nitrogens with two attached hydrogens (primary N) is 2. The van der Waals surface area contributed by atoms with Gasteiger partial charge in [-0.1, -0.05) is 54.6 Å². The van der Waals surface area contributed by atoms with Gasteiger partial charge in [-0.15, -0.1) is 0 Å². The molecule has 0 aliphatic rings. The summed E-state index contributed by atoms with van der Waals surface area (Å²) < 4.78 is 0. The van der Waals surface area contributed by atoms with E-state index in [2.05, 4.69) is 24.3 Å². The molecule has 0 bridgehead atoms. The molecule has 0 unspecified atom stereocenters. The summed E-state index contributed by atoms with van der Waals surface area (Å²) in [4.78, 5) is 0. The summed E-state index contributed by atoms with van der Waals surface area (Å²) in [6.45, 7) is 0. The lowest BCUT2D eigenvalue weighted by Gasteiger charge is -2.09. The highest BCUT2D eigenvalue weighted by molar-refractivity contribution is 5.81. The highest BCUT2D eigenvalue weighted by Gasteiger charge is 2.04. The Morgan fingerprint density at radius 3 is 1.85 bits per heavy atom. The summed E-state index contributed by atoms with van der Waals surface area (Å²) in [5.74, 6) is 0. The van der Waals surface area contributed by atoms with Crippen LogP contribution in [-0.2, 0) is 0 Å². The van der Waals surface area contributed by atoms with Crippen LogP contribution in [0, 0.1) is 0 Å². The molecule has 0 saturated carbocycles. The molecule has 0 fully saturated rings. The first-order valence-corrected chi connectivity index (χ1v) is 6.55. The van der Waals surface area contributed by atoms with Gasteiger partial charge in [0, 0.05) is 16.9 Å². The zero-order valence-electron chi connectivity index (χ0n) is 11.1. The lowest BCUT2D eigenvalue weighted by molar-refractivity contribution is 1.58. The van der Waals surface area contributed by atoms with Crippen molar-refractivity contribution in [2.24, 2.45) is 0 Å². The Bertz CT molecular complexity index is 716. The Morgan fingerprint density at radius 2 is 1.20 bits per heavy atom. The minimum absolute atomic E-state index is 0.766. The molecule has 0 amide bonds. The van der Waals surface area contributed by atoms with Crippen molar-refractivity contribution in [3.8, 4) is 22.3 Å². The predicted molar refractivity (Wildman–Crippen MR) is 86.1 cm³/mol. The first-order valence-electron chi connectivity index (χ1n) is 6.55. The SMILES string of the molecule is Nc1ccc(-c2ccc(-c3ccccc3)c(N)c2)cc1. The average Bonchev–Trinajstić information content (AvgIpc) is 2.49. The molecule has 98 valence electrons. The van der Waals surface area contributed by atoms with Crippen LogP contribution < -0.4 is 11.5 Å². The maximum Gasteiger partial charge on any atom is 0.0399 e.